The predicted octanol–water partition coefficient (Wildman–Crippen LogP) is 6.23. The quantitative estimate of drug-likeness (QED) is 0.352. The second-order valence-corrected chi connectivity index (χ2v) is 14.1. The third-order valence-electron chi connectivity index (χ3n) is 8.35. The number of anilines is 3. The lowest BCUT2D eigenvalue weighted by molar-refractivity contribution is -0.146. The molecule has 3 aliphatic heterocycles. The molecule has 9 heteroatoms. The molecule has 2 amide bonds. The second kappa shape index (κ2) is 10.0. The van der Waals surface area contributed by atoms with Gasteiger partial charge in [0.1, 0.15) is 5.75 Å². The van der Waals surface area contributed by atoms with E-state index in [1.54, 1.807) is 58.7 Å². The van der Waals surface area contributed by atoms with Crippen molar-refractivity contribution in [3.05, 3.63) is 90.5 Å². The smallest absolute Gasteiger partial charge is 0.266 e. The molecule has 0 radical (unpaired) electrons. The molecule has 0 aromatic heterocycles. The molecule has 1 N–H and O–H groups in total. The van der Waals surface area contributed by atoms with Crippen LogP contribution < -0.4 is 14.5 Å². The van der Waals surface area contributed by atoms with Crippen molar-refractivity contribution in [1.29, 1.82) is 0 Å². The molecule has 214 valence electrons. The Bertz CT molecular complexity index is 1560. The summed E-state index contributed by atoms with van der Waals surface area (Å²) in [6.07, 6.45) is 4.36. The number of carbonyl (C=O) groups is 2. The molecule has 0 aliphatic carbocycles. The number of fused-ring (bicyclic) bond motifs is 4. The third-order valence-corrected chi connectivity index (χ3v) is 10.4. The lowest BCUT2D eigenvalue weighted by Gasteiger charge is -2.35. The van der Waals surface area contributed by atoms with Crippen molar-refractivity contribution in [3.63, 3.8) is 0 Å². The van der Waals surface area contributed by atoms with Gasteiger partial charge < -0.3 is 19.5 Å². The molecule has 4 atom stereocenters. The van der Waals surface area contributed by atoms with Crippen molar-refractivity contribution in [2.75, 3.05) is 35.5 Å². The standard InChI is InChI=1S/C32H33FN2O5S/c1-5-17-34-24-15-14-21(35-25-11-7-9-13-27(25)39-26-12-8-6-10-22(26)30(35)37)19-23(24)32(31(34)38)20(2)29(41(3,4)33)28(40-32)16-18-36/h5-15,19-20,28-29,36H,1,16-18H2,2-4H3/t20-,28+,29-,32+/m0/s1. The van der Waals surface area contributed by atoms with Crippen LogP contribution in [0, 0.1) is 5.92 Å². The van der Waals surface area contributed by atoms with Gasteiger partial charge in [-0.2, -0.15) is 3.89 Å². The minimum Gasteiger partial charge on any atom is -0.454 e. The maximum atomic E-state index is 15.8. The summed E-state index contributed by atoms with van der Waals surface area (Å²) in [5, 5.41) is 9.24. The number of aliphatic hydroxyl groups is 1. The molecule has 7 nitrogen and oxygen atoms in total. The summed E-state index contributed by atoms with van der Waals surface area (Å²) in [6.45, 7) is 5.75. The van der Waals surface area contributed by atoms with Crippen LogP contribution in [0.3, 0.4) is 0 Å². The number of benzene rings is 3. The van der Waals surface area contributed by atoms with Gasteiger partial charge in [0.2, 0.25) is 0 Å². The Morgan fingerprint density at radius 1 is 1.05 bits per heavy atom. The number of nitrogens with zero attached hydrogens (tertiary/aromatic N) is 2. The summed E-state index contributed by atoms with van der Waals surface area (Å²) < 4.78 is 28.6. The predicted molar refractivity (Wildman–Crippen MR) is 160 cm³/mol. The number of para-hydroxylation sites is 3. The highest BCUT2D eigenvalue weighted by Crippen LogP contribution is 2.64. The maximum Gasteiger partial charge on any atom is 0.266 e. The fourth-order valence-electron chi connectivity index (χ4n) is 6.71. The first-order valence-corrected chi connectivity index (χ1v) is 16.0. The van der Waals surface area contributed by atoms with Gasteiger partial charge in [0.05, 0.1) is 23.0 Å². The molecule has 0 saturated carbocycles. The Morgan fingerprint density at radius 2 is 1.76 bits per heavy atom. The zero-order valence-electron chi connectivity index (χ0n) is 23.2. The van der Waals surface area contributed by atoms with Crippen molar-refractivity contribution in [2.24, 2.45) is 5.92 Å². The molecule has 0 unspecified atom stereocenters. The van der Waals surface area contributed by atoms with Gasteiger partial charge in [0, 0.05) is 35.6 Å². The Balaban J connectivity index is 1.56. The normalized spacial score (nSPS) is 25.4. The van der Waals surface area contributed by atoms with Crippen LogP contribution in [0.4, 0.5) is 20.9 Å². The molecule has 6 rings (SSSR count). The number of rotatable bonds is 6. The van der Waals surface area contributed by atoms with Crippen LogP contribution in [0.2, 0.25) is 0 Å². The molecule has 1 fully saturated rings. The molecule has 41 heavy (non-hydrogen) atoms. The van der Waals surface area contributed by atoms with Crippen LogP contribution in [0.25, 0.3) is 0 Å². The van der Waals surface area contributed by atoms with Gasteiger partial charge in [0.25, 0.3) is 11.8 Å². The van der Waals surface area contributed by atoms with E-state index >= 15 is 3.89 Å². The monoisotopic (exact) mass is 576 g/mol. The number of halogens is 1. The van der Waals surface area contributed by atoms with E-state index in [0.29, 0.717) is 39.7 Å². The van der Waals surface area contributed by atoms with Gasteiger partial charge in [-0.1, -0.05) is 47.7 Å². The highest BCUT2D eigenvalue weighted by atomic mass is 32.3. The van der Waals surface area contributed by atoms with Crippen molar-refractivity contribution < 1.29 is 28.1 Å². The average Bonchev–Trinajstić information content (AvgIpc) is 3.31. The Hall–Kier alpha value is -3.66. The maximum absolute atomic E-state index is 15.8. The number of hydrogen-bond acceptors (Lipinski definition) is 5. The average molecular weight is 577 g/mol. The molecular weight excluding hydrogens is 543 g/mol. The minimum atomic E-state index is -2.67. The molecule has 1 saturated heterocycles. The zero-order chi connectivity index (χ0) is 29.1. The Kier molecular flexibility index (Phi) is 6.71. The van der Waals surface area contributed by atoms with Crippen molar-refractivity contribution in [2.45, 2.75) is 30.3 Å². The van der Waals surface area contributed by atoms with Gasteiger partial charge in [-0.15, -0.1) is 6.58 Å². The van der Waals surface area contributed by atoms with E-state index in [-0.39, 0.29) is 31.4 Å². The van der Waals surface area contributed by atoms with Crippen LogP contribution in [-0.4, -0.2) is 53.9 Å². The van der Waals surface area contributed by atoms with Gasteiger partial charge in [0.15, 0.2) is 11.4 Å². The van der Waals surface area contributed by atoms with Crippen LogP contribution in [-0.2, 0) is 15.1 Å². The summed E-state index contributed by atoms with van der Waals surface area (Å²) in [5.41, 5.74) is 1.22. The number of amides is 2. The fourth-order valence-corrected chi connectivity index (χ4v) is 8.79. The molecular formula is C32H33FN2O5S. The number of hydrogen-bond donors (Lipinski definition) is 1. The molecule has 3 aromatic rings. The summed E-state index contributed by atoms with van der Waals surface area (Å²) in [6, 6.07) is 19.8. The van der Waals surface area contributed by atoms with Gasteiger partial charge in [-0.05, 0) is 61.4 Å². The Morgan fingerprint density at radius 3 is 2.46 bits per heavy atom. The lowest BCUT2D eigenvalue weighted by atomic mass is 9.82. The molecule has 3 aliphatic rings. The molecule has 0 bridgehead atoms. The summed E-state index contributed by atoms with van der Waals surface area (Å²) in [7, 11) is -2.67. The first kappa shape index (κ1) is 27.5. The highest BCUT2D eigenvalue weighted by Gasteiger charge is 2.65. The zero-order valence-corrected chi connectivity index (χ0v) is 24.1. The van der Waals surface area contributed by atoms with E-state index in [0.717, 1.165) is 0 Å². The van der Waals surface area contributed by atoms with Gasteiger partial charge in [-0.25, -0.2) is 0 Å². The van der Waals surface area contributed by atoms with Gasteiger partial charge in [-0.3, -0.25) is 14.5 Å². The van der Waals surface area contributed by atoms with E-state index < -0.39 is 33.3 Å². The van der Waals surface area contributed by atoms with E-state index in [4.69, 9.17) is 9.47 Å². The highest BCUT2D eigenvalue weighted by molar-refractivity contribution is 8.29. The largest absolute Gasteiger partial charge is 0.454 e. The first-order valence-electron chi connectivity index (χ1n) is 13.6. The second-order valence-electron chi connectivity index (χ2n) is 11.0. The third kappa shape index (κ3) is 4.09. The Labute approximate surface area is 240 Å². The number of ether oxygens (including phenoxy) is 2. The SMILES string of the molecule is C=CCN1C(=O)[C@]2(O[C@H](CCO)[C@@H](S(C)(C)F)[C@@H]2C)c2cc(N3C(=O)c4ccccc4Oc4ccccc43)ccc21. The first-order chi connectivity index (χ1) is 19.6. The molecule has 3 heterocycles. The van der Waals surface area contributed by atoms with E-state index in [2.05, 4.69) is 6.58 Å². The van der Waals surface area contributed by atoms with Crippen LogP contribution in [0.5, 0.6) is 11.5 Å². The van der Waals surface area contributed by atoms with Crippen LogP contribution in [0.15, 0.2) is 79.4 Å². The fraction of sp³-hybridized carbons (Fsp3) is 0.312. The van der Waals surface area contributed by atoms with Crippen LogP contribution in [0.1, 0.15) is 29.3 Å². The number of carbonyl (C=O) groups excluding carboxylic acids is 2. The summed E-state index contributed by atoms with van der Waals surface area (Å²) in [5.74, 6) is -0.128. The van der Waals surface area contributed by atoms with Crippen molar-refractivity contribution in [1.82, 2.24) is 0 Å². The van der Waals surface area contributed by atoms with E-state index in [9.17, 15) is 14.7 Å². The van der Waals surface area contributed by atoms with Gasteiger partial charge >= 0.3 is 0 Å². The van der Waals surface area contributed by atoms with Crippen LogP contribution >= 0.6 is 10.4 Å². The topological polar surface area (TPSA) is 79.3 Å². The summed E-state index contributed by atoms with van der Waals surface area (Å²) in [4.78, 5) is 31.5. The number of aliphatic hydroxyl groups excluding tert-OH is 1. The van der Waals surface area contributed by atoms with E-state index in [1.165, 1.54) is 0 Å². The van der Waals surface area contributed by atoms with E-state index in [1.807, 2.05) is 43.3 Å². The van der Waals surface area contributed by atoms with Crippen molar-refractivity contribution in [3.8, 4) is 11.5 Å². The van der Waals surface area contributed by atoms with Crippen molar-refractivity contribution >= 4 is 39.3 Å². The lowest BCUT2D eigenvalue weighted by Crippen LogP contribution is -2.45. The molecule has 3 aromatic carbocycles. The summed E-state index contributed by atoms with van der Waals surface area (Å²) >= 11 is 0. The molecule has 1 spiro atoms. The minimum absolute atomic E-state index is 0.185.